The number of nitrogens with zero attached hydrogens (tertiary/aromatic N) is 2. The van der Waals surface area contributed by atoms with Crippen LogP contribution >= 0.6 is 0 Å². The molecule has 2 aromatic rings. The number of aromatic nitrogens is 2. The molecule has 0 fully saturated rings. The molecule has 3 nitrogen and oxygen atoms in total. The van der Waals surface area contributed by atoms with Gasteiger partial charge in [-0.15, -0.1) is 0 Å². The Morgan fingerprint density at radius 3 is 2.47 bits per heavy atom. The van der Waals surface area contributed by atoms with E-state index in [1.807, 2.05) is 0 Å². The standard InChI is InChI=1S/C14H17N3/c1-10-3-4-12(5-11(10)2)6-14(15)13-7-16-9-17-8-13/h3-5,7-9,14H,6,15H2,1-2H3. The summed E-state index contributed by atoms with van der Waals surface area (Å²) in [5.41, 5.74) is 11.0. The molecule has 1 unspecified atom stereocenters. The van der Waals surface area contributed by atoms with Gasteiger partial charge in [0.05, 0.1) is 0 Å². The zero-order chi connectivity index (χ0) is 12.3. The normalized spacial score (nSPS) is 12.4. The van der Waals surface area contributed by atoms with Crippen molar-refractivity contribution in [1.82, 2.24) is 9.97 Å². The third-order valence-electron chi connectivity index (χ3n) is 3.04. The Morgan fingerprint density at radius 2 is 1.82 bits per heavy atom. The first-order chi connectivity index (χ1) is 8.16. The summed E-state index contributed by atoms with van der Waals surface area (Å²) in [5, 5.41) is 0. The summed E-state index contributed by atoms with van der Waals surface area (Å²) in [4.78, 5) is 7.98. The van der Waals surface area contributed by atoms with Gasteiger partial charge in [0.1, 0.15) is 6.33 Å². The van der Waals surface area contributed by atoms with Gasteiger partial charge in [-0.3, -0.25) is 0 Å². The topological polar surface area (TPSA) is 51.8 Å². The molecule has 2 rings (SSSR count). The van der Waals surface area contributed by atoms with E-state index in [2.05, 4.69) is 42.0 Å². The molecule has 1 atom stereocenters. The molecule has 0 amide bonds. The smallest absolute Gasteiger partial charge is 0.115 e. The Morgan fingerprint density at radius 1 is 1.12 bits per heavy atom. The van der Waals surface area contributed by atoms with Crippen LogP contribution in [0.5, 0.6) is 0 Å². The fourth-order valence-corrected chi connectivity index (χ4v) is 1.80. The van der Waals surface area contributed by atoms with Gasteiger partial charge in [-0.2, -0.15) is 0 Å². The van der Waals surface area contributed by atoms with Crippen molar-refractivity contribution in [3.8, 4) is 0 Å². The molecule has 0 aliphatic rings. The van der Waals surface area contributed by atoms with E-state index in [9.17, 15) is 0 Å². The molecule has 0 bridgehead atoms. The lowest BCUT2D eigenvalue weighted by Gasteiger charge is -2.12. The minimum atomic E-state index is -0.0432. The highest BCUT2D eigenvalue weighted by Gasteiger charge is 2.08. The van der Waals surface area contributed by atoms with Gasteiger partial charge in [0.2, 0.25) is 0 Å². The van der Waals surface area contributed by atoms with E-state index in [-0.39, 0.29) is 6.04 Å². The maximum Gasteiger partial charge on any atom is 0.115 e. The van der Waals surface area contributed by atoms with Gasteiger partial charge in [0, 0.05) is 24.0 Å². The van der Waals surface area contributed by atoms with Crippen molar-refractivity contribution in [2.24, 2.45) is 5.73 Å². The maximum absolute atomic E-state index is 6.14. The zero-order valence-electron chi connectivity index (χ0n) is 10.2. The van der Waals surface area contributed by atoms with E-state index in [0.717, 1.165) is 12.0 Å². The van der Waals surface area contributed by atoms with Gasteiger partial charge in [-0.25, -0.2) is 9.97 Å². The highest BCUT2D eigenvalue weighted by atomic mass is 14.8. The average molecular weight is 227 g/mol. The fourth-order valence-electron chi connectivity index (χ4n) is 1.80. The molecule has 1 heterocycles. The molecule has 0 radical (unpaired) electrons. The number of hydrogen-bond donors (Lipinski definition) is 1. The number of rotatable bonds is 3. The van der Waals surface area contributed by atoms with E-state index in [1.165, 1.54) is 23.0 Å². The van der Waals surface area contributed by atoms with Crippen LogP contribution in [0, 0.1) is 13.8 Å². The number of benzene rings is 1. The lowest BCUT2D eigenvalue weighted by Crippen LogP contribution is -2.14. The predicted octanol–water partition coefficient (Wildman–Crippen LogP) is 2.34. The van der Waals surface area contributed by atoms with Gasteiger partial charge in [0.15, 0.2) is 0 Å². The van der Waals surface area contributed by atoms with Crippen molar-refractivity contribution < 1.29 is 0 Å². The van der Waals surface area contributed by atoms with Gasteiger partial charge in [-0.05, 0) is 37.0 Å². The van der Waals surface area contributed by atoms with Crippen LogP contribution in [-0.2, 0) is 6.42 Å². The number of aryl methyl sites for hydroxylation is 2. The molecule has 0 saturated heterocycles. The maximum atomic E-state index is 6.14. The summed E-state index contributed by atoms with van der Waals surface area (Å²) in [6.45, 7) is 4.24. The van der Waals surface area contributed by atoms with Crippen LogP contribution in [0.4, 0.5) is 0 Å². The molecule has 0 saturated carbocycles. The molecule has 1 aromatic carbocycles. The van der Waals surface area contributed by atoms with E-state index < -0.39 is 0 Å². The molecule has 2 N–H and O–H groups in total. The summed E-state index contributed by atoms with van der Waals surface area (Å²) in [6, 6.07) is 6.42. The molecule has 0 aliphatic heterocycles. The van der Waals surface area contributed by atoms with Crippen molar-refractivity contribution in [1.29, 1.82) is 0 Å². The minimum absolute atomic E-state index is 0.0432. The molecule has 1 aromatic heterocycles. The van der Waals surface area contributed by atoms with Crippen LogP contribution in [0.3, 0.4) is 0 Å². The third kappa shape index (κ3) is 2.88. The second-order valence-corrected chi connectivity index (χ2v) is 4.40. The van der Waals surface area contributed by atoms with Gasteiger partial charge in [0.25, 0.3) is 0 Å². The molecular formula is C14H17N3. The SMILES string of the molecule is Cc1ccc(CC(N)c2cncnc2)cc1C. The monoisotopic (exact) mass is 227 g/mol. The zero-order valence-corrected chi connectivity index (χ0v) is 10.2. The van der Waals surface area contributed by atoms with E-state index in [4.69, 9.17) is 5.73 Å². The van der Waals surface area contributed by atoms with Crippen molar-refractivity contribution in [2.45, 2.75) is 26.3 Å². The summed E-state index contributed by atoms with van der Waals surface area (Å²) in [6.07, 6.45) is 5.89. The summed E-state index contributed by atoms with van der Waals surface area (Å²) < 4.78 is 0. The summed E-state index contributed by atoms with van der Waals surface area (Å²) in [7, 11) is 0. The van der Waals surface area contributed by atoms with Crippen LogP contribution in [0.25, 0.3) is 0 Å². The Hall–Kier alpha value is -1.74. The Bertz CT molecular complexity index is 494. The lowest BCUT2D eigenvalue weighted by molar-refractivity contribution is 0.712. The van der Waals surface area contributed by atoms with Crippen LogP contribution in [0.1, 0.15) is 28.3 Å². The summed E-state index contributed by atoms with van der Waals surface area (Å²) in [5.74, 6) is 0. The van der Waals surface area contributed by atoms with Crippen LogP contribution < -0.4 is 5.73 Å². The quantitative estimate of drug-likeness (QED) is 0.875. The molecule has 0 aliphatic carbocycles. The first kappa shape index (κ1) is 11.7. The van der Waals surface area contributed by atoms with E-state index in [1.54, 1.807) is 12.4 Å². The minimum Gasteiger partial charge on any atom is -0.324 e. The largest absolute Gasteiger partial charge is 0.324 e. The van der Waals surface area contributed by atoms with Crippen LogP contribution in [0.2, 0.25) is 0 Å². The molecule has 3 heteroatoms. The Kier molecular flexibility index (Phi) is 3.49. The summed E-state index contributed by atoms with van der Waals surface area (Å²) >= 11 is 0. The van der Waals surface area contributed by atoms with Gasteiger partial charge >= 0.3 is 0 Å². The third-order valence-corrected chi connectivity index (χ3v) is 3.04. The van der Waals surface area contributed by atoms with Crippen molar-refractivity contribution in [3.63, 3.8) is 0 Å². The van der Waals surface area contributed by atoms with Crippen molar-refractivity contribution in [2.75, 3.05) is 0 Å². The highest BCUT2D eigenvalue weighted by molar-refractivity contribution is 5.31. The van der Waals surface area contributed by atoms with Crippen molar-refractivity contribution >= 4 is 0 Å². The number of nitrogens with two attached hydrogens (primary N) is 1. The molecule has 88 valence electrons. The van der Waals surface area contributed by atoms with Crippen molar-refractivity contribution in [3.05, 3.63) is 59.2 Å². The van der Waals surface area contributed by atoms with Gasteiger partial charge in [-0.1, -0.05) is 18.2 Å². The molecule has 17 heavy (non-hydrogen) atoms. The van der Waals surface area contributed by atoms with E-state index in [0.29, 0.717) is 0 Å². The molecular weight excluding hydrogens is 210 g/mol. The van der Waals surface area contributed by atoms with Gasteiger partial charge < -0.3 is 5.73 Å². The van der Waals surface area contributed by atoms with Crippen LogP contribution in [-0.4, -0.2) is 9.97 Å². The lowest BCUT2D eigenvalue weighted by atomic mass is 9.99. The second kappa shape index (κ2) is 5.06. The average Bonchev–Trinajstić information content (AvgIpc) is 2.35. The Labute approximate surface area is 102 Å². The molecule has 0 spiro atoms. The Balaban J connectivity index is 2.13. The first-order valence-corrected chi connectivity index (χ1v) is 5.73. The predicted molar refractivity (Wildman–Crippen MR) is 68.6 cm³/mol. The fraction of sp³-hybridized carbons (Fsp3) is 0.286. The number of hydrogen-bond acceptors (Lipinski definition) is 3. The van der Waals surface area contributed by atoms with E-state index >= 15 is 0 Å². The first-order valence-electron chi connectivity index (χ1n) is 5.73. The highest BCUT2D eigenvalue weighted by Crippen LogP contribution is 2.16. The second-order valence-electron chi connectivity index (χ2n) is 4.40. The van der Waals surface area contributed by atoms with Crippen LogP contribution in [0.15, 0.2) is 36.9 Å².